The lowest BCUT2D eigenvalue weighted by molar-refractivity contribution is 0.571. The summed E-state index contributed by atoms with van der Waals surface area (Å²) in [7, 11) is 0. The van der Waals surface area contributed by atoms with Gasteiger partial charge in [-0.3, -0.25) is 0 Å². The van der Waals surface area contributed by atoms with Crippen molar-refractivity contribution in [3.8, 4) is 5.69 Å². The van der Waals surface area contributed by atoms with Gasteiger partial charge in [-0.15, -0.1) is 0 Å². The first-order chi connectivity index (χ1) is 11.1. The highest BCUT2D eigenvalue weighted by atomic mass is 19.1. The van der Waals surface area contributed by atoms with Gasteiger partial charge in [-0.2, -0.15) is 5.10 Å². The molecule has 0 saturated heterocycles. The molecule has 0 bridgehead atoms. The highest BCUT2D eigenvalue weighted by Gasteiger charge is 2.14. The smallest absolute Gasteiger partial charge is 0.125 e. The second-order valence-electron chi connectivity index (χ2n) is 5.67. The van der Waals surface area contributed by atoms with Gasteiger partial charge in [-0.25, -0.2) is 9.07 Å². The molecule has 0 amide bonds. The summed E-state index contributed by atoms with van der Waals surface area (Å²) in [4.78, 5) is 0. The summed E-state index contributed by atoms with van der Waals surface area (Å²) < 4.78 is 15.2. The van der Waals surface area contributed by atoms with Gasteiger partial charge in [0.05, 0.1) is 11.9 Å². The molecule has 0 saturated carbocycles. The summed E-state index contributed by atoms with van der Waals surface area (Å²) in [5, 5.41) is 7.92. The molecule has 23 heavy (non-hydrogen) atoms. The molecule has 0 aliphatic heterocycles. The minimum Gasteiger partial charge on any atom is -0.306 e. The molecular formula is C19H20FN3. The van der Waals surface area contributed by atoms with Gasteiger partial charge in [0.15, 0.2) is 0 Å². The van der Waals surface area contributed by atoms with Crippen LogP contribution in [0.4, 0.5) is 4.39 Å². The van der Waals surface area contributed by atoms with Crippen LogP contribution < -0.4 is 5.32 Å². The maximum atomic E-state index is 13.4. The zero-order chi connectivity index (χ0) is 16.2. The monoisotopic (exact) mass is 309 g/mol. The molecule has 0 aliphatic carbocycles. The van der Waals surface area contributed by atoms with E-state index in [0.717, 1.165) is 23.5 Å². The number of nitrogens with one attached hydrogen (secondary N) is 1. The largest absolute Gasteiger partial charge is 0.306 e. The summed E-state index contributed by atoms with van der Waals surface area (Å²) in [6.07, 6.45) is 1.85. The van der Waals surface area contributed by atoms with Crippen LogP contribution in [0.2, 0.25) is 0 Å². The summed E-state index contributed by atoms with van der Waals surface area (Å²) in [6.45, 7) is 4.92. The van der Waals surface area contributed by atoms with E-state index < -0.39 is 0 Å². The van der Waals surface area contributed by atoms with Gasteiger partial charge in [-0.1, -0.05) is 36.4 Å². The number of halogens is 1. The third kappa shape index (κ3) is 3.48. The molecule has 118 valence electrons. The zero-order valence-electron chi connectivity index (χ0n) is 13.3. The molecule has 1 N–H and O–H groups in total. The van der Waals surface area contributed by atoms with E-state index in [1.54, 1.807) is 10.7 Å². The van der Waals surface area contributed by atoms with E-state index in [0.29, 0.717) is 0 Å². The maximum Gasteiger partial charge on any atom is 0.125 e. The topological polar surface area (TPSA) is 29.9 Å². The summed E-state index contributed by atoms with van der Waals surface area (Å²) >= 11 is 0. The van der Waals surface area contributed by atoms with Gasteiger partial charge in [0.25, 0.3) is 0 Å². The van der Waals surface area contributed by atoms with Crippen LogP contribution in [0.15, 0.2) is 60.8 Å². The van der Waals surface area contributed by atoms with Crippen LogP contribution in [0.3, 0.4) is 0 Å². The van der Waals surface area contributed by atoms with Crippen LogP contribution in [-0.2, 0) is 6.54 Å². The van der Waals surface area contributed by atoms with Gasteiger partial charge >= 0.3 is 0 Å². The Morgan fingerprint density at radius 1 is 1.13 bits per heavy atom. The molecular weight excluding hydrogens is 289 g/mol. The molecule has 0 radical (unpaired) electrons. The third-order valence-electron chi connectivity index (χ3n) is 4.02. The normalized spacial score (nSPS) is 12.3. The first-order valence-electron chi connectivity index (χ1n) is 7.73. The standard InChI is InChI=1S/C19H20FN3/c1-14(21-12-16-7-4-3-5-8-16)19-13-22-23(15(19)2)18-10-6-9-17(20)11-18/h3-11,13-14,21H,12H2,1-2H3. The summed E-state index contributed by atoms with van der Waals surface area (Å²) in [5.41, 5.74) is 4.12. The van der Waals surface area contributed by atoms with Crippen LogP contribution >= 0.6 is 0 Å². The number of aromatic nitrogens is 2. The van der Waals surface area contributed by atoms with Gasteiger partial charge in [0.1, 0.15) is 5.82 Å². The van der Waals surface area contributed by atoms with E-state index in [2.05, 4.69) is 29.5 Å². The number of nitrogens with zero attached hydrogens (tertiary/aromatic N) is 2. The minimum atomic E-state index is -0.255. The molecule has 3 aromatic rings. The fourth-order valence-electron chi connectivity index (χ4n) is 2.69. The van der Waals surface area contributed by atoms with Crippen molar-refractivity contribution in [1.29, 1.82) is 0 Å². The number of hydrogen-bond acceptors (Lipinski definition) is 2. The average molecular weight is 309 g/mol. The third-order valence-corrected chi connectivity index (χ3v) is 4.02. The Balaban J connectivity index is 1.76. The van der Waals surface area contributed by atoms with Crippen molar-refractivity contribution in [2.24, 2.45) is 0 Å². The SMILES string of the molecule is Cc1c(C(C)NCc2ccccc2)cnn1-c1cccc(F)c1. The molecule has 3 rings (SSSR count). The van der Waals surface area contributed by atoms with E-state index in [1.165, 1.54) is 17.7 Å². The van der Waals surface area contributed by atoms with Crippen LogP contribution in [0, 0.1) is 12.7 Å². The Bertz CT molecular complexity index is 780. The fraction of sp³-hybridized carbons (Fsp3) is 0.211. The van der Waals surface area contributed by atoms with E-state index in [-0.39, 0.29) is 11.9 Å². The van der Waals surface area contributed by atoms with Crippen molar-refractivity contribution in [2.75, 3.05) is 0 Å². The first-order valence-corrected chi connectivity index (χ1v) is 7.73. The highest BCUT2D eigenvalue weighted by Crippen LogP contribution is 2.21. The lowest BCUT2D eigenvalue weighted by atomic mass is 10.1. The van der Waals surface area contributed by atoms with E-state index in [1.807, 2.05) is 37.4 Å². The average Bonchev–Trinajstić information content (AvgIpc) is 2.95. The summed E-state index contributed by atoms with van der Waals surface area (Å²) in [5.74, 6) is -0.255. The van der Waals surface area contributed by atoms with Crippen molar-refractivity contribution in [3.05, 3.63) is 83.4 Å². The fourth-order valence-corrected chi connectivity index (χ4v) is 2.69. The van der Waals surface area contributed by atoms with Gasteiger partial charge in [0, 0.05) is 23.8 Å². The lowest BCUT2D eigenvalue weighted by Gasteiger charge is -2.14. The van der Waals surface area contributed by atoms with Crippen molar-refractivity contribution >= 4 is 0 Å². The Kier molecular flexibility index (Phi) is 4.53. The van der Waals surface area contributed by atoms with Gasteiger partial charge in [-0.05, 0) is 37.6 Å². The highest BCUT2D eigenvalue weighted by molar-refractivity contribution is 5.35. The zero-order valence-corrected chi connectivity index (χ0v) is 13.3. The van der Waals surface area contributed by atoms with E-state index in [4.69, 9.17) is 0 Å². The predicted molar refractivity (Wildman–Crippen MR) is 90.0 cm³/mol. The molecule has 2 aromatic carbocycles. The Morgan fingerprint density at radius 2 is 1.91 bits per heavy atom. The molecule has 1 atom stereocenters. The van der Waals surface area contributed by atoms with Crippen LogP contribution in [-0.4, -0.2) is 9.78 Å². The Morgan fingerprint density at radius 3 is 2.65 bits per heavy atom. The molecule has 1 aromatic heterocycles. The van der Waals surface area contributed by atoms with E-state index in [9.17, 15) is 4.39 Å². The molecule has 4 heteroatoms. The predicted octanol–water partition coefficient (Wildman–Crippen LogP) is 4.17. The number of rotatable bonds is 5. The second-order valence-corrected chi connectivity index (χ2v) is 5.67. The van der Waals surface area contributed by atoms with E-state index >= 15 is 0 Å². The lowest BCUT2D eigenvalue weighted by Crippen LogP contribution is -2.18. The first kappa shape index (κ1) is 15.4. The van der Waals surface area contributed by atoms with Crippen LogP contribution in [0.25, 0.3) is 5.69 Å². The Hall–Kier alpha value is -2.46. The van der Waals surface area contributed by atoms with Gasteiger partial charge in [0.2, 0.25) is 0 Å². The van der Waals surface area contributed by atoms with Crippen molar-refractivity contribution in [2.45, 2.75) is 26.4 Å². The van der Waals surface area contributed by atoms with Crippen molar-refractivity contribution < 1.29 is 4.39 Å². The van der Waals surface area contributed by atoms with Crippen LogP contribution in [0.1, 0.15) is 29.8 Å². The molecule has 0 fully saturated rings. The molecule has 1 heterocycles. The minimum absolute atomic E-state index is 0.164. The number of benzene rings is 2. The molecule has 0 spiro atoms. The second kappa shape index (κ2) is 6.75. The van der Waals surface area contributed by atoms with Crippen molar-refractivity contribution in [1.82, 2.24) is 15.1 Å². The van der Waals surface area contributed by atoms with Gasteiger partial charge < -0.3 is 5.32 Å². The number of hydrogen-bond donors (Lipinski definition) is 1. The Labute approximate surface area is 135 Å². The summed E-state index contributed by atoms with van der Waals surface area (Å²) in [6, 6.07) is 16.9. The maximum absolute atomic E-state index is 13.4. The molecule has 0 aliphatic rings. The van der Waals surface area contributed by atoms with Crippen molar-refractivity contribution in [3.63, 3.8) is 0 Å². The quantitative estimate of drug-likeness (QED) is 0.766. The molecule has 3 nitrogen and oxygen atoms in total. The molecule has 1 unspecified atom stereocenters. The van der Waals surface area contributed by atoms with Crippen LogP contribution in [0.5, 0.6) is 0 Å².